The topological polar surface area (TPSA) is 95.8 Å². The fourth-order valence-electron chi connectivity index (χ4n) is 3.06. The van der Waals surface area contributed by atoms with Crippen molar-refractivity contribution in [2.45, 2.75) is 13.5 Å². The number of aryl methyl sites for hydroxylation is 1. The SMILES string of the molecule is CCn1c(=O)[nH]c2c(N3CCN(c4ncccn4)CC3)ncnc21. The van der Waals surface area contributed by atoms with Gasteiger partial charge in [-0.15, -0.1) is 0 Å². The van der Waals surface area contributed by atoms with Crippen molar-refractivity contribution in [2.75, 3.05) is 36.0 Å². The molecule has 0 amide bonds. The Morgan fingerprint density at radius 2 is 1.75 bits per heavy atom. The molecule has 9 nitrogen and oxygen atoms in total. The minimum Gasteiger partial charge on any atom is -0.351 e. The van der Waals surface area contributed by atoms with Crippen LogP contribution in [0.2, 0.25) is 0 Å². The largest absolute Gasteiger partial charge is 0.351 e. The van der Waals surface area contributed by atoms with E-state index in [0.717, 1.165) is 37.9 Å². The summed E-state index contributed by atoms with van der Waals surface area (Å²) in [5.41, 5.74) is 1.21. The zero-order valence-corrected chi connectivity index (χ0v) is 13.4. The van der Waals surface area contributed by atoms with Gasteiger partial charge in [-0.25, -0.2) is 24.7 Å². The Bertz CT molecular complexity index is 895. The molecule has 3 aromatic heterocycles. The summed E-state index contributed by atoms with van der Waals surface area (Å²) < 4.78 is 1.62. The predicted octanol–water partition coefficient (Wildman–Crippen LogP) is 0.256. The van der Waals surface area contributed by atoms with Crippen LogP contribution in [0.5, 0.6) is 0 Å². The predicted molar refractivity (Wildman–Crippen MR) is 90.3 cm³/mol. The van der Waals surface area contributed by atoms with Crippen LogP contribution in [0.15, 0.2) is 29.6 Å². The zero-order valence-electron chi connectivity index (χ0n) is 13.4. The molecule has 0 radical (unpaired) electrons. The monoisotopic (exact) mass is 326 g/mol. The molecule has 0 saturated carbocycles. The normalized spacial score (nSPS) is 15.2. The van der Waals surface area contributed by atoms with Crippen LogP contribution in [0, 0.1) is 0 Å². The third-order valence-electron chi connectivity index (χ3n) is 4.27. The Balaban J connectivity index is 1.60. The summed E-state index contributed by atoms with van der Waals surface area (Å²) in [5.74, 6) is 1.52. The van der Waals surface area contributed by atoms with Gasteiger partial charge in [-0.1, -0.05) is 0 Å². The molecule has 0 aliphatic carbocycles. The lowest BCUT2D eigenvalue weighted by atomic mass is 10.3. The number of piperazine rings is 1. The molecule has 1 N–H and O–H groups in total. The van der Waals surface area contributed by atoms with Gasteiger partial charge < -0.3 is 14.8 Å². The molecule has 0 bridgehead atoms. The summed E-state index contributed by atoms with van der Waals surface area (Å²) in [4.78, 5) is 36.5. The van der Waals surface area contributed by atoms with Crippen molar-refractivity contribution in [3.8, 4) is 0 Å². The lowest BCUT2D eigenvalue weighted by Crippen LogP contribution is -2.47. The van der Waals surface area contributed by atoms with Crippen molar-refractivity contribution in [3.05, 3.63) is 35.3 Å². The number of rotatable bonds is 3. The number of imidazole rings is 1. The third kappa shape index (κ3) is 2.38. The number of aromatic nitrogens is 6. The molecule has 0 unspecified atom stereocenters. The Morgan fingerprint density at radius 1 is 1.04 bits per heavy atom. The fourth-order valence-corrected chi connectivity index (χ4v) is 3.06. The van der Waals surface area contributed by atoms with Crippen LogP contribution in [0.25, 0.3) is 11.2 Å². The van der Waals surface area contributed by atoms with Crippen LogP contribution in [0.4, 0.5) is 11.8 Å². The minimum atomic E-state index is -0.148. The van der Waals surface area contributed by atoms with E-state index >= 15 is 0 Å². The van der Waals surface area contributed by atoms with E-state index in [1.165, 1.54) is 6.33 Å². The van der Waals surface area contributed by atoms with E-state index < -0.39 is 0 Å². The second-order valence-electron chi connectivity index (χ2n) is 5.59. The summed E-state index contributed by atoms with van der Waals surface area (Å²) in [5, 5.41) is 0. The van der Waals surface area contributed by atoms with Gasteiger partial charge in [-0.05, 0) is 13.0 Å². The summed E-state index contributed by atoms with van der Waals surface area (Å²) in [6.07, 6.45) is 5.02. The summed E-state index contributed by atoms with van der Waals surface area (Å²) in [7, 11) is 0. The highest BCUT2D eigenvalue weighted by Gasteiger charge is 2.23. The van der Waals surface area contributed by atoms with Crippen LogP contribution in [-0.2, 0) is 6.54 Å². The van der Waals surface area contributed by atoms with Crippen LogP contribution >= 0.6 is 0 Å². The Kier molecular flexibility index (Phi) is 3.60. The quantitative estimate of drug-likeness (QED) is 0.737. The number of H-pyrrole nitrogens is 1. The number of nitrogens with one attached hydrogen (secondary N) is 1. The highest BCUT2D eigenvalue weighted by atomic mass is 16.1. The molecular formula is C15H18N8O. The highest BCUT2D eigenvalue weighted by Crippen LogP contribution is 2.22. The molecule has 4 rings (SSSR count). The van der Waals surface area contributed by atoms with Crippen LogP contribution < -0.4 is 15.5 Å². The summed E-state index contributed by atoms with van der Waals surface area (Å²) in [6, 6.07) is 1.81. The molecule has 124 valence electrons. The molecule has 0 aromatic carbocycles. The molecule has 3 aromatic rings. The molecule has 9 heteroatoms. The van der Waals surface area contributed by atoms with E-state index in [9.17, 15) is 4.79 Å². The van der Waals surface area contributed by atoms with Crippen LogP contribution in [0.3, 0.4) is 0 Å². The maximum Gasteiger partial charge on any atom is 0.327 e. The van der Waals surface area contributed by atoms with E-state index in [1.54, 1.807) is 17.0 Å². The lowest BCUT2D eigenvalue weighted by Gasteiger charge is -2.35. The number of aromatic amines is 1. The van der Waals surface area contributed by atoms with Gasteiger partial charge in [0.1, 0.15) is 11.8 Å². The van der Waals surface area contributed by atoms with Crippen molar-refractivity contribution in [1.29, 1.82) is 0 Å². The van der Waals surface area contributed by atoms with E-state index in [-0.39, 0.29) is 5.69 Å². The van der Waals surface area contributed by atoms with Crippen LogP contribution in [-0.4, -0.2) is 55.7 Å². The number of fused-ring (bicyclic) bond motifs is 1. The van der Waals surface area contributed by atoms with Gasteiger partial charge in [0.25, 0.3) is 0 Å². The van der Waals surface area contributed by atoms with Crippen LogP contribution in [0.1, 0.15) is 6.92 Å². The van der Waals surface area contributed by atoms with Gasteiger partial charge in [-0.2, -0.15) is 0 Å². The highest BCUT2D eigenvalue weighted by molar-refractivity contribution is 5.83. The first-order chi connectivity index (χ1) is 11.8. The number of nitrogens with zero attached hydrogens (tertiary/aromatic N) is 7. The maximum absolute atomic E-state index is 12.0. The molecular weight excluding hydrogens is 308 g/mol. The Morgan fingerprint density at radius 3 is 2.46 bits per heavy atom. The number of anilines is 2. The van der Waals surface area contributed by atoms with Gasteiger partial charge in [0.15, 0.2) is 11.5 Å². The van der Waals surface area contributed by atoms with E-state index in [4.69, 9.17) is 0 Å². The first-order valence-corrected chi connectivity index (χ1v) is 7.98. The number of hydrogen-bond donors (Lipinski definition) is 1. The minimum absolute atomic E-state index is 0.148. The molecule has 0 atom stereocenters. The average Bonchev–Trinajstić information content (AvgIpc) is 2.97. The van der Waals surface area contributed by atoms with Gasteiger partial charge >= 0.3 is 5.69 Å². The molecule has 24 heavy (non-hydrogen) atoms. The molecule has 0 spiro atoms. The third-order valence-corrected chi connectivity index (χ3v) is 4.27. The molecule has 1 aliphatic rings. The van der Waals surface area contributed by atoms with Crippen molar-refractivity contribution in [3.63, 3.8) is 0 Å². The fraction of sp³-hybridized carbons (Fsp3) is 0.400. The summed E-state index contributed by atoms with van der Waals surface area (Å²) >= 11 is 0. The zero-order chi connectivity index (χ0) is 16.5. The van der Waals surface area contributed by atoms with Crippen molar-refractivity contribution >= 4 is 22.9 Å². The van der Waals surface area contributed by atoms with Gasteiger partial charge in [-0.3, -0.25) is 4.57 Å². The van der Waals surface area contributed by atoms with E-state index in [0.29, 0.717) is 17.7 Å². The molecule has 1 fully saturated rings. The average molecular weight is 326 g/mol. The molecule has 1 aliphatic heterocycles. The lowest BCUT2D eigenvalue weighted by molar-refractivity contribution is 0.635. The van der Waals surface area contributed by atoms with Gasteiger partial charge in [0.05, 0.1) is 0 Å². The van der Waals surface area contributed by atoms with Crippen molar-refractivity contribution in [1.82, 2.24) is 29.5 Å². The smallest absolute Gasteiger partial charge is 0.327 e. The van der Waals surface area contributed by atoms with Crippen molar-refractivity contribution in [2.24, 2.45) is 0 Å². The maximum atomic E-state index is 12.0. The molecule has 4 heterocycles. The number of hydrogen-bond acceptors (Lipinski definition) is 7. The van der Waals surface area contributed by atoms with Gasteiger partial charge in [0, 0.05) is 45.1 Å². The second-order valence-corrected chi connectivity index (χ2v) is 5.59. The standard InChI is InChI=1S/C15H18N8O/c1-2-23-13-11(20-15(23)24)12(18-10-19-13)21-6-8-22(9-7-21)14-16-4-3-5-17-14/h3-5,10H,2,6-9H2,1H3,(H,20,24). The Labute approximate surface area is 138 Å². The van der Waals surface area contributed by atoms with E-state index in [1.807, 2.05) is 13.0 Å². The first-order valence-electron chi connectivity index (χ1n) is 7.98. The van der Waals surface area contributed by atoms with E-state index in [2.05, 4.69) is 34.7 Å². The second kappa shape index (κ2) is 5.91. The van der Waals surface area contributed by atoms with Gasteiger partial charge in [0.2, 0.25) is 5.95 Å². The molecule has 1 saturated heterocycles. The Hall–Kier alpha value is -2.97. The first kappa shape index (κ1) is 14.6. The van der Waals surface area contributed by atoms with Crippen molar-refractivity contribution < 1.29 is 0 Å². The summed E-state index contributed by atoms with van der Waals surface area (Å²) in [6.45, 7) is 5.67.